The zero-order chi connectivity index (χ0) is 22.0. The Morgan fingerprint density at radius 3 is 2.26 bits per heavy atom. The van der Waals surface area contributed by atoms with E-state index in [0.29, 0.717) is 5.02 Å². The third-order valence-electron chi connectivity index (χ3n) is 6.07. The van der Waals surface area contributed by atoms with E-state index < -0.39 is 0 Å². The first-order valence-electron chi connectivity index (χ1n) is 10.3. The van der Waals surface area contributed by atoms with Gasteiger partial charge in [0.1, 0.15) is 17.2 Å². The summed E-state index contributed by atoms with van der Waals surface area (Å²) < 4.78 is 20.3. The number of fused-ring (bicyclic) bond motifs is 2. The molecule has 0 N–H and O–H groups in total. The Morgan fingerprint density at radius 2 is 1.65 bits per heavy atom. The first kappa shape index (κ1) is 21.2. The van der Waals surface area contributed by atoms with Crippen molar-refractivity contribution in [3.05, 3.63) is 94.8 Å². The van der Waals surface area contributed by atoms with Crippen molar-refractivity contribution in [1.82, 2.24) is 0 Å². The fraction of sp³-hybridized carbons (Fsp3) is 0.222. The second-order valence-electron chi connectivity index (χ2n) is 7.94. The molecule has 0 fully saturated rings. The largest absolute Gasteiger partial charge is 0.482 e. The molecule has 0 aromatic heterocycles. The number of halogens is 2. The van der Waals surface area contributed by atoms with Crippen LogP contribution in [0.3, 0.4) is 0 Å². The Kier molecular flexibility index (Phi) is 5.85. The van der Waals surface area contributed by atoms with E-state index in [-0.39, 0.29) is 11.4 Å². The maximum Gasteiger partial charge on any atom is 0.135 e. The summed E-state index contributed by atoms with van der Waals surface area (Å²) in [5.74, 6) is 0.526. The number of nitrogens with zero attached hydrogens (tertiary/aromatic N) is 1. The van der Waals surface area contributed by atoms with Crippen LogP contribution >= 0.6 is 11.6 Å². The van der Waals surface area contributed by atoms with E-state index in [1.807, 2.05) is 12.1 Å². The van der Waals surface area contributed by atoms with E-state index in [2.05, 4.69) is 36.9 Å². The molecule has 4 heteroatoms. The predicted octanol–water partition coefficient (Wildman–Crippen LogP) is 7.40. The lowest BCUT2D eigenvalue weighted by molar-refractivity contribution is 0.129. The molecule has 1 aliphatic heterocycles. The SMILES string of the molecule is C=C1c2cc(-c3cc(F)cc(Cl)c3)ccc2OC12CCc1ccccc1CC2.CC#N. The minimum atomic E-state index is -0.362. The zero-order valence-electron chi connectivity index (χ0n) is 17.4. The Hall–Kier alpha value is -3.09. The van der Waals surface area contributed by atoms with E-state index in [0.717, 1.165) is 53.7 Å². The Balaban J connectivity index is 0.000000730. The number of nitriles is 1. The molecule has 5 rings (SSSR count). The van der Waals surface area contributed by atoms with Crippen LogP contribution in [-0.2, 0) is 12.8 Å². The van der Waals surface area contributed by atoms with Crippen molar-refractivity contribution in [1.29, 1.82) is 5.26 Å². The number of aryl methyl sites for hydroxylation is 2. The third-order valence-corrected chi connectivity index (χ3v) is 6.29. The Morgan fingerprint density at radius 1 is 1.00 bits per heavy atom. The number of benzene rings is 3. The van der Waals surface area contributed by atoms with Crippen LogP contribution in [-0.4, -0.2) is 5.60 Å². The number of ether oxygens (including phenoxy) is 1. The standard InChI is InChI=1S/C25H20ClFO.C2H3N/c1-16-23-14-19(20-12-21(26)15-22(27)13-20)6-7-24(23)28-25(16)10-8-17-4-2-3-5-18(17)9-11-25;1-2-3/h2-7,12-15H,1,8-11H2;1H3. The molecule has 0 radical (unpaired) electrons. The predicted molar refractivity (Wildman–Crippen MR) is 124 cm³/mol. The summed E-state index contributed by atoms with van der Waals surface area (Å²) in [4.78, 5) is 0. The van der Waals surface area contributed by atoms with E-state index in [1.54, 1.807) is 12.1 Å². The van der Waals surface area contributed by atoms with Gasteiger partial charge in [0.15, 0.2) is 0 Å². The maximum atomic E-state index is 13.8. The molecule has 2 aliphatic rings. The van der Waals surface area contributed by atoms with E-state index in [4.69, 9.17) is 21.6 Å². The molecule has 0 saturated carbocycles. The van der Waals surface area contributed by atoms with Crippen molar-refractivity contribution in [2.24, 2.45) is 0 Å². The fourth-order valence-corrected chi connectivity index (χ4v) is 4.74. The summed E-state index contributed by atoms with van der Waals surface area (Å²) in [6.45, 7) is 5.85. The van der Waals surface area contributed by atoms with Gasteiger partial charge < -0.3 is 4.74 Å². The highest BCUT2D eigenvalue weighted by Crippen LogP contribution is 2.50. The van der Waals surface area contributed by atoms with E-state index >= 15 is 0 Å². The molecule has 0 unspecified atom stereocenters. The molecule has 2 nitrogen and oxygen atoms in total. The van der Waals surface area contributed by atoms with Gasteiger partial charge >= 0.3 is 0 Å². The lowest BCUT2D eigenvalue weighted by atomic mass is 9.84. The van der Waals surface area contributed by atoms with Gasteiger partial charge in [-0.05, 0) is 83.8 Å². The smallest absolute Gasteiger partial charge is 0.135 e. The quantitative estimate of drug-likeness (QED) is 0.402. The average Bonchev–Trinajstić information content (AvgIpc) is 2.89. The van der Waals surface area contributed by atoms with Crippen molar-refractivity contribution >= 4 is 17.2 Å². The lowest BCUT2D eigenvalue weighted by Gasteiger charge is -2.28. The normalized spacial score (nSPS) is 15.6. The molecule has 1 spiro atoms. The van der Waals surface area contributed by atoms with Gasteiger partial charge in [0.25, 0.3) is 0 Å². The van der Waals surface area contributed by atoms with Crippen LogP contribution in [0.2, 0.25) is 5.02 Å². The van der Waals surface area contributed by atoms with Crippen LogP contribution in [0.5, 0.6) is 5.75 Å². The average molecular weight is 432 g/mol. The minimum absolute atomic E-state index is 0.337. The number of rotatable bonds is 1. The van der Waals surface area contributed by atoms with Crippen molar-refractivity contribution in [2.75, 3.05) is 0 Å². The summed E-state index contributed by atoms with van der Waals surface area (Å²) in [5.41, 5.74) is 6.17. The Labute approximate surface area is 187 Å². The van der Waals surface area contributed by atoms with Crippen molar-refractivity contribution in [2.45, 2.75) is 38.2 Å². The molecule has 0 saturated heterocycles. The second kappa shape index (κ2) is 8.57. The van der Waals surface area contributed by atoms with E-state index in [1.165, 1.54) is 30.2 Å². The van der Waals surface area contributed by atoms with Gasteiger partial charge in [-0.1, -0.05) is 48.5 Å². The van der Waals surface area contributed by atoms with Gasteiger partial charge in [0.05, 0.1) is 6.07 Å². The molecule has 156 valence electrons. The summed E-state index contributed by atoms with van der Waals surface area (Å²) in [5, 5.41) is 7.71. The van der Waals surface area contributed by atoms with Gasteiger partial charge in [-0.15, -0.1) is 0 Å². The van der Waals surface area contributed by atoms with Crippen LogP contribution in [0.4, 0.5) is 4.39 Å². The monoisotopic (exact) mass is 431 g/mol. The van der Waals surface area contributed by atoms with Crippen molar-refractivity contribution in [3.63, 3.8) is 0 Å². The van der Waals surface area contributed by atoms with Gasteiger partial charge in [-0.3, -0.25) is 0 Å². The topological polar surface area (TPSA) is 33.0 Å². The van der Waals surface area contributed by atoms with E-state index in [9.17, 15) is 4.39 Å². The second-order valence-corrected chi connectivity index (χ2v) is 8.37. The highest BCUT2D eigenvalue weighted by Gasteiger charge is 2.43. The van der Waals surface area contributed by atoms with Gasteiger partial charge in [-0.25, -0.2) is 4.39 Å². The highest BCUT2D eigenvalue weighted by molar-refractivity contribution is 6.30. The molecule has 0 bridgehead atoms. The molecule has 1 heterocycles. The van der Waals surface area contributed by atoms with Gasteiger partial charge in [-0.2, -0.15) is 5.26 Å². The third kappa shape index (κ3) is 4.09. The lowest BCUT2D eigenvalue weighted by Crippen LogP contribution is -2.33. The summed E-state index contributed by atoms with van der Waals surface area (Å²) >= 11 is 6.04. The maximum absolute atomic E-state index is 13.8. The van der Waals surface area contributed by atoms with Crippen LogP contribution in [0.1, 0.15) is 36.5 Å². The first-order valence-corrected chi connectivity index (χ1v) is 10.7. The molecule has 3 aromatic carbocycles. The zero-order valence-corrected chi connectivity index (χ0v) is 18.2. The summed E-state index contributed by atoms with van der Waals surface area (Å²) in [6.07, 6.45) is 3.79. The van der Waals surface area contributed by atoms with Crippen molar-refractivity contribution < 1.29 is 9.13 Å². The molecule has 0 atom stereocenters. The van der Waals surface area contributed by atoms with Gasteiger partial charge in [0, 0.05) is 17.5 Å². The molecule has 31 heavy (non-hydrogen) atoms. The number of hydrogen-bond acceptors (Lipinski definition) is 2. The number of hydrogen-bond donors (Lipinski definition) is 0. The fourth-order valence-electron chi connectivity index (χ4n) is 4.52. The summed E-state index contributed by atoms with van der Waals surface area (Å²) in [6, 6.07) is 21.0. The van der Waals surface area contributed by atoms with Crippen LogP contribution in [0, 0.1) is 17.1 Å². The summed E-state index contributed by atoms with van der Waals surface area (Å²) in [7, 11) is 0. The van der Waals surface area contributed by atoms with Crippen LogP contribution in [0.15, 0.2) is 67.2 Å². The van der Waals surface area contributed by atoms with Crippen molar-refractivity contribution in [3.8, 4) is 22.9 Å². The first-order chi connectivity index (χ1) is 15.0. The highest BCUT2D eigenvalue weighted by atomic mass is 35.5. The van der Waals surface area contributed by atoms with Crippen LogP contribution < -0.4 is 4.74 Å². The molecular weight excluding hydrogens is 409 g/mol. The Bertz CT molecular complexity index is 1150. The van der Waals surface area contributed by atoms with Gasteiger partial charge in [0.2, 0.25) is 0 Å². The molecular formula is C27H23ClFNO. The molecule has 0 amide bonds. The minimum Gasteiger partial charge on any atom is -0.482 e. The van der Waals surface area contributed by atoms with Crippen LogP contribution in [0.25, 0.3) is 16.7 Å². The molecule has 3 aromatic rings. The molecule has 1 aliphatic carbocycles.